The van der Waals surface area contributed by atoms with E-state index >= 15 is 0 Å². The molecule has 0 saturated carbocycles. The summed E-state index contributed by atoms with van der Waals surface area (Å²) in [6.07, 6.45) is 7.44. The summed E-state index contributed by atoms with van der Waals surface area (Å²) in [5.41, 5.74) is 0. The standard InChI is InChI=1S/C8H10O4.C4H6O2S/c9-7(10)5-3-1-2-4-6(5)8(11)12;5-7(6)3-1-2-4-7/h1-2,5-6H,3-4H2,(H,9,10)(H,11,12);1-2H,3-4H2. The molecule has 0 bridgehead atoms. The van der Waals surface area contributed by atoms with E-state index in [9.17, 15) is 18.0 Å². The van der Waals surface area contributed by atoms with Crippen molar-refractivity contribution in [2.45, 2.75) is 12.8 Å². The van der Waals surface area contributed by atoms with Gasteiger partial charge in [0.15, 0.2) is 9.84 Å². The average Bonchev–Trinajstić information content (AvgIpc) is 2.74. The molecule has 106 valence electrons. The third-order valence-electron chi connectivity index (χ3n) is 2.93. The monoisotopic (exact) mass is 288 g/mol. The van der Waals surface area contributed by atoms with Crippen molar-refractivity contribution >= 4 is 21.8 Å². The van der Waals surface area contributed by atoms with E-state index in [0.29, 0.717) is 12.8 Å². The van der Waals surface area contributed by atoms with Crippen LogP contribution in [-0.4, -0.2) is 42.1 Å². The van der Waals surface area contributed by atoms with Gasteiger partial charge in [0.25, 0.3) is 0 Å². The van der Waals surface area contributed by atoms with Gasteiger partial charge in [0.1, 0.15) is 0 Å². The Balaban J connectivity index is 0.000000218. The third kappa shape index (κ3) is 4.86. The van der Waals surface area contributed by atoms with Gasteiger partial charge in [-0.15, -0.1) is 0 Å². The molecule has 1 aliphatic heterocycles. The van der Waals surface area contributed by atoms with Crippen molar-refractivity contribution in [3.63, 3.8) is 0 Å². The molecule has 0 fully saturated rings. The van der Waals surface area contributed by atoms with Gasteiger partial charge in [0.05, 0.1) is 23.3 Å². The maximum atomic E-state index is 10.6. The molecule has 19 heavy (non-hydrogen) atoms. The number of aliphatic carboxylic acids is 2. The largest absolute Gasteiger partial charge is 0.481 e. The molecular weight excluding hydrogens is 272 g/mol. The number of carbonyl (C=O) groups is 2. The fraction of sp³-hybridized carbons (Fsp3) is 0.500. The Morgan fingerprint density at radius 3 is 1.42 bits per heavy atom. The van der Waals surface area contributed by atoms with Crippen LogP contribution in [0, 0.1) is 11.8 Å². The highest BCUT2D eigenvalue weighted by molar-refractivity contribution is 7.91. The zero-order chi connectivity index (χ0) is 14.5. The molecule has 2 N–H and O–H groups in total. The summed E-state index contributed by atoms with van der Waals surface area (Å²) >= 11 is 0. The van der Waals surface area contributed by atoms with Gasteiger partial charge in [-0.2, -0.15) is 0 Å². The molecule has 1 aliphatic carbocycles. The molecule has 0 amide bonds. The normalized spacial score (nSPS) is 27.4. The van der Waals surface area contributed by atoms with Gasteiger partial charge in [-0.1, -0.05) is 24.3 Å². The molecule has 2 rings (SSSR count). The van der Waals surface area contributed by atoms with E-state index in [1.54, 1.807) is 24.3 Å². The summed E-state index contributed by atoms with van der Waals surface area (Å²) in [4.78, 5) is 21.1. The molecule has 0 spiro atoms. The quantitative estimate of drug-likeness (QED) is 0.724. The topological polar surface area (TPSA) is 109 Å². The smallest absolute Gasteiger partial charge is 0.307 e. The molecule has 2 unspecified atom stereocenters. The predicted octanol–water partition coefficient (Wildman–Crippen LogP) is 0.709. The zero-order valence-electron chi connectivity index (χ0n) is 10.2. The van der Waals surface area contributed by atoms with Gasteiger partial charge < -0.3 is 10.2 Å². The Labute approximate surface area is 111 Å². The van der Waals surface area contributed by atoms with Gasteiger partial charge in [-0.3, -0.25) is 9.59 Å². The van der Waals surface area contributed by atoms with E-state index in [2.05, 4.69) is 0 Å². The average molecular weight is 288 g/mol. The molecular formula is C12H16O6S. The number of hydrogen-bond donors (Lipinski definition) is 2. The maximum Gasteiger partial charge on any atom is 0.307 e. The minimum Gasteiger partial charge on any atom is -0.481 e. The van der Waals surface area contributed by atoms with Gasteiger partial charge >= 0.3 is 11.9 Å². The number of carboxylic acids is 2. The SMILES string of the molecule is O=C(O)C1CC=CCC1C(=O)O.O=S1(=O)CC=CC1. The van der Waals surface area contributed by atoms with Crippen molar-refractivity contribution in [2.24, 2.45) is 11.8 Å². The predicted molar refractivity (Wildman–Crippen MR) is 68.4 cm³/mol. The van der Waals surface area contributed by atoms with E-state index < -0.39 is 33.6 Å². The van der Waals surface area contributed by atoms with Crippen LogP contribution in [0.25, 0.3) is 0 Å². The maximum absolute atomic E-state index is 10.6. The molecule has 0 aromatic carbocycles. The fourth-order valence-corrected chi connectivity index (χ4v) is 2.85. The summed E-state index contributed by atoms with van der Waals surface area (Å²) in [5.74, 6) is -3.07. The first-order valence-corrected chi connectivity index (χ1v) is 7.61. The second-order valence-corrected chi connectivity index (χ2v) is 6.53. The van der Waals surface area contributed by atoms with Crippen molar-refractivity contribution in [1.29, 1.82) is 0 Å². The van der Waals surface area contributed by atoms with Crippen LogP contribution < -0.4 is 0 Å². The Morgan fingerprint density at radius 1 is 0.842 bits per heavy atom. The number of hydrogen-bond acceptors (Lipinski definition) is 4. The van der Waals surface area contributed by atoms with Crippen LogP contribution in [0.3, 0.4) is 0 Å². The molecule has 0 saturated heterocycles. The van der Waals surface area contributed by atoms with E-state index in [0.717, 1.165) is 0 Å². The Hall–Kier alpha value is -1.63. The first-order valence-electron chi connectivity index (χ1n) is 5.79. The number of allylic oxidation sites excluding steroid dienone is 2. The van der Waals surface area contributed by atoms with E-state index in [4.69, 9.17) is 10.2 Å². The molecule has 0 aromatic rings. The summed E-state index contributed by atoms with van der Waals surface area (Å²) in [5, 5.41) is 17.3. The second-order valence-electron chi connectivity index (χ2n) is 4.38. The lowest BCUT2D eigenvalue weighted by molar-refractivity contribution is -0.153. The van der Waals surface area contributed by atoms with Gasteiger partial charge in [-0.25, -0.2) is 8.42 Å². The molecule has 0 radical (unpaired) electrons. The lowest BCUT2D eigenvalue weighted by Gasteiger charge is -2.20. The summed E-state index contributed by atoms with van der Waals surface area (Å²) in [6, 6.07) is 0. The van der Waals surface area contributed by atoms with Gasteiger partial charge in [-0.05, 0) is 12.8 Å². The van der Waals surface area contributed by atoms with Crippen LogP contribution in [0.15, 0.2) is 24.3 Å². The van der Waals surface area contributed by atoms with E-state index in [1.165, 1.54) is 0 Å². The minimum atomic E-state index is -2.66. The highest BCUT2D eigenvalue weighted by Crippen LogP contribution is 2.25. The van der Waals surface area contributed by atoms with Crippen LogP contribution in [0.4, 0.5) is 0 Å². The molecule has 0 aromatic heterocycles. The summed E-state index contributed by atoms with van der Waals surface area (Å²) in [7, 11) is -2.66. The van der Waals surface area contributed by atoms with Crippen molar-refractivity contribution in [3.05, 3.63) is 24.3 Å². The number of rotatable bonds is 2. The first-order chi connectivity index (χ1) is 8.83. The molecule has 2 atom stereocenters. The van der Waals surface area contributed by atoms with Crippen molar-refractivity contribution in [2.75, 3.05) is 11.5 Å². The number of sulfone groups is 1. The third-order valence-corrected chi connectivity index (χ3v) is 4.33. The molecule has 2 aliphatic rings. The van der Waals surface area contributed by atoms with Gasteiger partial charge in [0, 0.05) is 0 Å². The lowest BCUT2D eigenvalue weighted by Crippen LogP contribution is -2.30. The van der Waals surface area contributed by atoms with Crippen LogP contribution in [-0.2, 0) is 19.4 Å². The Kier molecular flexibility index (Phi) is 5.29. The Morgan fingerprint density at radius 2 is 1.21 bits per heavy atom. The van der Waals surface area contributed by atoms with Crippen molar-refractivity contribution in [3.8, 4) is 0 Å². The summed E-state index contributed by atoms with van der Waals surface area (Å²) < 4.78 is 20.7. The van der Waals surface area contributed by atoms with Crippen LogP contribution in [0.5, 0.6) is 0 Å². The minimum absolute atomic E-state index is 0.243. The van der Waals surface area contributed by atoms with Crippen LogP contribution in [0.1, 0.15) is 12.8 Å². The highest BCUT2D eigenvalue weighted by Gasteiger charge is 2.33. The molecule has 7 heteroatoms. The van der Waals surface area contributed by atoms with Crippen LogP contribution >= 0.6 is 0 Å². The fourth-order valence-electron chi connectivity index (χ4n) is 1.86. The highest BCUT2D eigenvalue weighted by atomic mass is 32.2. The molecule has 6 nitrogen and oxygen atoms in total. The van der Waals surface area contributed by atoms with E-state index in [1.807, 2.05) is 0 Å². The second kappa shape index (κ2) is 6.51. The number of carboxylic acid groups (broad SMARTS) is 2. The summed E-state index contributed by atoms with van der Waals surface area (Å²) in [6.45, 7) is 0. The lowest BCUT2D eigenvalue weighted by atomic mass is 9.83. The first kappa shape index (κ1) is 15.4. The zero-order valence-corrected chi connectivity index (χ0v) is 11.0. The van der Waals surface area contributed by atoms with Crippen LogP contribution in [0.2, 0.25) is 0 Å². The van der Waals surface area contributed by atoms with Crippen molar-refractivity contribution in [1.82, 2.24) is 0 Å². The Bertz CT molecular complexity index is 464. The molecule has 1 heterocycles. The van der Waals surface area contributed by atoms with Crippen molar-refractivity contribution < 1.29 is 28.2 Å². The van der Waals surface area contributed by atoms with Gasteiger partial charge in [0.2, 0.25) is 0 Å². The van der Waals surface area contributed by atoms with E-state index in [-0.39, 0.29) is 11.5 Å².